The Labute approximate surface area is 71.7 Å². The van der Waals surface area contributed by atoms with Crippen molar-refractivity contribution in [2.45, 2.75) is 24.2 Å². The van der Waals surface area contributed by atoms with Crippen molar-refractivity contribution < 1.29 is 39.9 Å². The third-order valence-corrected chi connectivity index (χ3v) is 1.24. The predicted octanol–water partition coefficient (Wildman–Crippen LogP) is 2.36. The molecule has 1 unspecified atom stereocenters. The Bertz CT molecular complexity index is 218. The van der Waals surface area contributed by atoms with Gasteiger partial charge in [-0.1, -0.05) is 0 Å². The van der Waals surface area contributed by atoms with Crippen LogP contribution in [0, 0.1) is 0 Å². The van der Waals surface area contributed by atoms with E-state index in [1.807, 2.05) is 0 Å². The summed E-state index contributed by atoms with van der Waals surface area (Å²) in [5.74, 6) is -12.7. The molecule has 0 spiro atoms. The van der Waals surface area contributed by atoms with Crippen LogP contribution in [-0.4, -0.2) is 30.5 Å². The highest BCUT2D eigenvalue weighted by Gasteiger charge is 2.76. The number of carbonyl (C=O) groups is 1. The van der Waals surface area contributed by atoms with Crippen LogP contribution in [0.1, 0.15) is 0 Å². The van der Waals surface area contributed by atoms with Gasteiger partial charge in [0.1, 0.15) is 0 Å². The average Bonchev–Trinajstić information content (AvgIpc) is 2.00. The molecule has 1 nitrogen and oxygen atoms in total. The van der Waals surface area contributed by atoms with Crippen molar-refractivity contribution >= 4 is 6.29 Å². The smallest absolute Gasteiger partial charge is 0.300 e. The molecular formula is C5H2F8O. The maximum absolute atomic E-state index is 12.0. The van der Waals surface area contributed by atoms with E-state index >= 15 is 0 Å². The molecule has 0 radical (unpaired) electrons. The van der Waals surface area contributed by atoms with Crippen LogP contribution in [0.25, 0.3) is 0 Å². The summed E-state index contributed by atoms with van der Waals surface area (Å²) in [6, 6.07) is 0. The monoisotopic (exact) mass is 230 g/mol. The first-order valence-corrected chi connectivity index (χ1v) is 2.90. The molecule has 0 aromatic carbocycles. The van der Waals surface area contributed by atoms with E-state index in [1.165, 1.54) is 0 Å². The third-order valence-electron chi connectivity index (χ3n) is 1.24. The molecule has 0 heterocycles. The highest BCUT2D eigenvalue weighted by Crippen LogP contribution is 2.48. The fourth-order valence-corrected chi connectivity index (χ4v) is 0.448. The molecule has 0 aliphatic carbocycles. The molecule has 0 rings (SSSR count). The van der Waals surface area contributed by atoms with Gasteiger partial charge in [-0.15, -0.1) is 0 Å². The normalized spacial score (nSPS) is 16.6. The summed E-state index contributed by atoms with van der Waals surface area (Å²) < 4.78 is 93.6. The maximum atomic E-state index is 12.0. The summed E-state index contributed by atoms with van der Waals surface area (Å²) in [4.78, 5) is 9.37. The minimum absolute atomic E-state index is 1.32. The summed E-state index contributed by atoms with van der Waals surface area (Å²) in [5.41, 5.74) is 0. The van der Waals surface area contributed by atoms with Gasteiger partial charge in [-0.05, 0) is 0 Å². The fourth-order valence-electron chi connectivity index (χ4n) is 0.448. The number of hydrogen-bond donors (Lipinski definition) is 0. The van der Waals surface area contributed by atoms with Gasteiger partial charge in [0.2, 0.25) is 6.17 Å². The van der Waals surface area contributed by atoms with E-state index < -0.39 is 30.5 Å². The van der Waals surface area contributed by atoms with Crippen molar-refractivity contribution in [2.24, 2.45) is 0 Å². The Balaban J connectivity index is 5.17. The van der Waals surface area contributed by atoms with Crippen molar-refractivity contribution in [2.75, 3.05) is 0 Å². The Morgan fingerprint density at radius 3 is 1.50 bits per heavy atom. The summed E-state index contributed by atoms with van der Waals surface area (Å²) in [5, 5.41) is 0. The largest absolute Gasteiger partial charge is 0.460 e. The van der Waals surface area contributed by atoms with Crippen molar-refractivity contribution in [3.63, 3.8) is 0 Å². The lowest BCUT2D eigenvalue weighted by Gasteiger charge is -2.28. The standard InChI is InChI=1S/C5H2F8O/c6-2(1-14)3(7,8)4(9,10)5(11,12)13/h1-2H. The molecule has 0 fully saturated rings. The molecule has 14 heavy (non-hydrogen) atoms. The number of halogens is 8. The molecule has 0 bridgehead atoms. The summed E-state index contributed by atoms with van der Waals surface area (Å²) >= 11 is 0. The quantitative estimate of drug-likeness (QED) is 0.537. The number of rotatable bonds is 3. The first-order chi connectivity index (χ1) is 5.98. The number of hydrogen-bond acceptors (Lipinski definition) is 1. The molecule has 0 aliphatic heterocycles. The molecular weight excluding hydrogens is 228 g/mol. The summed E-state index contributed by atoms with van der Waals surface area (Å²) in [6.45, 7) is 0. The van der Waals surface area contributed by atoms with E-state index in [9.17, 15) is 39.9 Å². The van der Waals surface area contributed by atoms with Crippen LogP contribution in [0.4, 0.5) is 35.1 Å². The van der Waals surface area contributed by atoms with Crippen LogP contribution in [0.15, 0.2) is 0 Å². The minimum atomic E-state index is -6.62. The zero-order chi connectivity index (χ0) is 11.8. The Morgan fingerprint density at radius 1 is 0.929 bits per heavy atom. The molecule has 0 aromatic rings. The average molecular weight is 230 g/mol. The Kier molecular flexibility index (Phi) is 3.14. The van der Waals surface area contributed by atoms with Gasteiger partial charge in [0, 0.05) is 0 Å². The van der Waals surface area contributed by atoms with Gasteiger partial charge in [-0.2, -0.15) is 30.7 Å². The predicted molar refractivity (Wildman–Crippen MR) is 26.9 cm³/mol. The van der Waals surface area contributed by atoms with Crippen LogP contribution < -0.4 is 0 Å². The molecule has 0 aromatic heterocycles. The summed E-state index contributed by atoms with van der Waals surface area (Å²) in [6.07, 6.45) is -12.2. The Hall–Kier alpha value is -0.890. The van der Waals surface area contributed by atoms with Crippen molar-refractivity contribution in [1.29, 1.82) is 0 Å². The highest BCUT2D eigenvalue weighted by molar-refractivity contribution is 5.58. The lowest BCUT2D eigenvalue weighted by Crippen LogP contribution is -2.57. The molecule has 0 N–H and O–H groups in total. The van der Waals surface area contributed by atoms with Crippen LogP contribution in [-0.2, 0) is 4.79 Å². The topological polar surface area (TPSA) is 17.1 Å². The van der Waals surface area contributed by atoms with Crippen molar-refractivity contribution in [3.05, 3.63) is 0 Å². The van der Waals surface area contributed by atoms with Gasteiger partial charge < -0.3 is 0 Å². The van der Waals surface area contributed by atoms with Crippen molar-refractivity contribution in [3.8, 4) is 0 Å². The third kappa shape index (κ3) is 1.80. The molecule has 9 heteroatoms. The van der Waals surface area contributed by atoms with Gasteiger partial charge in [0.05, 0.1) is 0 Å². The number of alkyl halides is 8. The lowest BCUT2D eigenvalue weighted by atomic mass is 10.1. The van der Waals surface area contributed by atoms with Gasteiger partial charge in [-0.3, -0.25) is 4.79 Å². The van der Waals surface area contributed by atoms with Gasteiger partial charge in [0.15, 0.2) is 6.29 Å². The zero-order valence-electron chi connectivity index (χ0n) is 6.09. The Morgan fingerprint density at radius 2 is 1.29 bits per heavy atom. The molecule has 0 amide bonds. The highest BCUT2D eigenvalue weighted by atomic mass is 19.4. The van der Waals surface area contributed by atoms with Crippen LogP contribution in [0.5, 0.6) is 0 Å². The minimum Gasteiger partial charge on any atom is -0.300 e. The van der Waals surface area contributed by atoms with Gasteiger partial charge in [-0.25, -0.2) is 4.39 Å². The van der Waals surface area contributed by atoms with E-state index in [1.54, 1.807) is 0 Å². The van der Waals surface area contributed by atoms with Crippen molar-refractivity contribution in [1.82, 2.24) is 0 Å². The van der Waals surface area contributed by atoms with Gasteiger partial charge in [0.25, 0.3) is 0 Å². The molecule has 0 saturated heterocycles. The van der Waals surface area contributed by atoms with E-state index in [-0.39, 0.29) is 0 Å². The SMILES string of the molecule is O=CC(F)C(F)(F)C(F)(F)C(F)(F)F. The first-order valence-electron chi connectivity index (χ1n) is 2.90. The maximum Gasteiger partial charge on any atom is 0.460 e. The second-order valence-corrected chi connectivity index (χ2v) is 2.23. The van der Waals surface area contributed by atoms with Crippen LogP contribution >= 0.6 is 0 Å². The zero-order valence-corrected chi connectivity index (χ0v) is 6.09. The first kappa shape index (κ1) is 13.1. The molecule has 84 valence electrons. The van der Waals surface area contributed by atoms with Gasteiger partial charge >= 0.3 is 18.0 Å². The number of carbonyl (C=O) groups excluding carboxylic acids is 1. The van der Waals surface area contributed by atoms with E-state index in [4.69, 9.17) is 0 Å². The van der Waals surface area contributed by atoms with E-state index in [2.05, 4.69) is 0 Å². The van der Waals surface area contributed by atoms with Crippen LogP contribution in [0.2, 0.25) is 0 Å². The van der Waals surface area contributed by atoms with E-state index in [0.717, 1.165) is 0 Å². The lowest BCUT2D eigenvalue weighted by molar-refractivity contribution is -0.362. The molecule has 0 aliphatic rings. The molecule has 1 atom stereocenters. The number of aldehydes is 1. The summed E-state index contributed by atoms with van der Waals surface area (Å²) in [7, 11) is 0. The van der Waals surface area contributed by atoms with E-state index in [0.29, 0.717) is 0 Å². The second kappa shape index (κ2) is 3.35. The second-order valence-electron chi connectivity index (χ2n) is 2.23. The van der Waals surface area contributed by atoms with Crippen LogP contribution in [0.3, 0.4) is 0 Å². The fraction of sp³-hybridized carbons (Fsp3) is 0.800. The molecule has 0 saturated carbocycles.